The van der Waals surface area contributed by atoms with Gasteiger partial charge in [0, 0.05) is 13.0 Å². The number of carbonyl (C=O) groups excluding carboxylic acids is 1. The second kappa shape index (κ2) is 4.99. The van der Waals surface area contributed by atoms with Crippen LogP contribution in [0.3, 0.4) is 0 Å². The van der Waals surface area contributed by atoms with Crippen molar-refractivity contribution < 1.29 is 9.53 Å². The number of amides is 1. The minimum Gasteiger partial charge on any atom is -0.368 e. The predicted octanol–water partition coefficient (Wildman–Crippen LogP) is 0.453. The molecule has 0 spiro atoms. The molecule has 0 saturated carbocycles. The van der Waals surface area contributed by atoms with Crippen molar-refractivity contribution in [3.05, 3.63) is 12.7 Å². The minimum atomic E-state index is -0.498. The highest BCUT2D eigenvalue weighted by atomic mass is 16.5. The van der Waals surface area contributed by atoms with E-state index >= 15 is 0 Å². The van der Waals surface area contributed by atoms with Gasteiger partial charge in [-0.15, -0.1) is 6.58 Å². The van der Waals surface area contributed by atoms with E-state index in [1.54, 1.807) is 6.08 Å². The second-order valence-electron chi connectivity index (χ2n) is 1.87. The van der Waals surface area contributed by atoms with Gasteiger partial charge in [-0.05, 0) is 6.92 Å². The standard InChI is InChI=1S/C7H13NO2/c1-3-5-6(7(8)9)10-4-2/h3,6H,1,4-5H2,2H3,(H2,8,9). The lowest BCUT2D eigenvalue weighted by atomic mass is 10.2. The van der Waals surface area contributed by atoms with Crippen molar-refractivity contribution in [3.63, 3.8) is 0 Å². The zero-order valence-corrected chi connectivity index (χ0v) is 6.17. The largest absolute Gasteiger partial charge is 0.368 e. The molecule has 3 heteroatoms. The molecule has 0 aliphatic rings. The molecule has 3 nitrogen and oxygen atoms in total. The van der Waals surface area contributed by atoms with Crippen LogP contribution in [-0.2, 0) is 9.53 Å². The molecule has 1 amide bonds. The first-order chi connectivity index (χ1) is 4.72. The van der Waals surface area contributed by atoms with E-state index in [-0.39, 0.29) is 0 Å². The second-order valence-corrected chi connectivity index (χ2v) is 1.87. The van der Waals surface area contributed by atoms with Crippen molar-refractivity contribution in [3.8, 4) is 0 Å². The molecule has 0 fully saturated rings. The molecule has 0 aromatic heterocycles. The Hall–Kier alpha value is -0.830. The molecular formula is C7H13NO2. The van der Waals surface area contributed by atoms with Crippen LogP contribution in [0.1, 0.15) is 13.3 Å². The molecule has 0 aliphatic carbocycles. The van der Waals surface area contributed by atoms with Gasteiger partial charge >= 0.3 is 0 Å². The fourth-order valence-electron chi connectivity index (χ4n) is 0.619. The van der Waals surface area contributed by atoms with Gasteiger partial charge < -0.3 is 10.5 Å². The van der Waals surface area contributed by atoms with E-state index in [1.165, 1.54) is 0 Å². The Balaban J connectivity index is 3.71. The molecule has 0 heterocycles. The summed E-state index contributed by atoms with van der Waals surface area (Å²) in [4.78, 5) is 10.5. The van der Waals surface area contributed by atoms with Crippen molar-refractivity contribution in [2.24, 2.45) is 5.73 Å². The van der Waals surface area contributed by atoms with Gasteiger partial charge in [0.25, 0.3) is 0 Å². The molecule has 0 rings (SSSR count). The predicted molar refractivity (Wildman–Crippen MR) is 39.4 cm³/mol. The van der Waals surface area contributed by atoms with E-state index in [1.807, 2.05) is 6.92 Å². The third-order valence-corrected chi connectivity index (χ3v) is 1.07. The lowest BCUT2D eigenvalue weighted by molar-refractivity contribution is -0.128. The topological polar surface area (TPSA) is 52.3 Å². The van der Waals surface area contributed by atoms with Crippen LogP contribution in [0.2, 0.25) is 0 Å². The summed E-state index contributed by atoms with van der Waals surface area (Å²) >= 11 is 0. The van der Waals surface area contributed by atoms with Crippen LogP contribution in [0.25, 0.3) is 0 Å². The van der Waals surface area contributed by atoms with Crippen molar-refractivity contribution in [1.82, 2.24) is 0 Å². The lowest BCUT2D eigenvalue weighted by Crippen LogP contribution is -2.30. The van der Waals surface area contributed by atoms with E-state index in [4.69, 9.17) is 10.5 Å². The van der Waals surface area contributed by atoms with E-state index in [2.05, 4.69) is 6.58 Å². The Morgan fingerprint density at radius 1 is 1.90 bits per heavy atom. The quantitative estimate of drug-likeness (QED) is 0.568. The third kappa shape index (κ3) is 3.25. The average Bonchev–Trinajstić information content (AvgIpc) is 1.87. The van der Waals surface area contributed by atoms with Gasteiger partial charge in [0.05, 0.1) is 0 Å². The molecule has 0 aromatic rings. The highest BCUT2D eigenvalue weighted by Crippen LogP contribution is 1.97. The first kappa shape index (κ1) is 9.17. The molecule has 0 aromatic carbocycles. The SMILES string of the molecule is C=CCC(OCC)C(N)=O. The Morgan fingerprint density at radius 2 is 2.50 bits per heavy atom. The number of nitrogens with two attached hydrogens (primary N) is 1. The van der Waals surface area contributed by atoms with Gasteiger partial charge in [0.15, 0.2) is 0 Å². The smallest absolute Gasteiger partial charge is 0.246 e. The van der Waals surface area contributed by atoms with Crippen molar-refractivity contribution in [2.75, 3.05) is 6.61 Å². The lowest BCUT2D eigenvalue weighted by Gasteiger charge is -2.09. The number of hydrogen-bond donors (Lipinski definition) is 1. The fourth-order valence-corrected chi connectivity index (χ4v) is 0.619. The summed E-state index contributed by atoms with van der Waals surface area (Å²) in [5.41, 5.74) is 5.00. The van der Waals surface area contributed by atoms with Gasteiger partial charge in [-0.3, -0.25) is 4.79 Å². The van der Waals surface area contributed by atoms with Gasteiger partial charge in [-0.2, -0.15) is 0 Å². The number of rotatable bonds is 5. The molecule has 58 valence electrons. The Kier molecular flexibility index (Phi) is 4.58. The van der Waals surface area contributed by atoms with Crippen LogP contribution in [0.5, 0.6) is 0 Å². The summed E-state index contributed by atoms with van der Waals surface area (Å²) in [6, 6.07) is 0. The Morgan fingerprint density at radius 3 is 2.80 bits per heavy atom. The normalized spacial score (nSPS) is 12.5. The Labute approximate surface area is 60.9 Å². The molecule has 0 radical (unpaired) electrons. The Bertz CT molecular complexity index is 123. The molecule has 0 saturated heterocycles. The van der Waals surface area contributed by atoms with E-state index in [9.17, 15) is 4.79 Å². The monoisotopic (exact) mass is 143 g/mol. The zero-order chi connectivity index (χ0) is 7.98. The third-order valence-electron chi connectivity index (χ3n) is 1.07. The number of hydrogen-bond acceptors (Lipinski definition) is 2. The molecule has 1 unspecified atom stereocenters. The van der Waals surface area contributed by atoms with Crippen LogP contribution in [-0.4, -0.2) is 18.6 Å². The fraction of sp³-hybridized carbons (Fsp3) is 0.571. The molecule has 0 aliphatic heterocycles. The van der Waals surface area contributed by atoms with Gasteiger partial charge in [-0.1, -0.05) is 6.08 Å². The summed E-state index contributed by atoms with van der Waals surface area (Å²) < 4.78 is 5.00. The van der Waals surface area contributed by atoms with Gasteiger partial charge in [0.2, 0.25) is 5.91 Å². The van der Waals surface area contributed by atoms with Crippen LogP contribution in [0.4, 0.5) is 0 Å². The van der Waals surface area contributed by atoms with Crippen LogP contribution in [0.15, 0.2) is 12.7 Å². The van der Waals surface area contributed by atoms with E-state index < -0.39 is 12.0 Å². The summed E-state index contributed by atoms with van der Waals surface area (Å²) in [6.07, 6.45) is 1.61. The zero-order valence-electron chi connectivity index (χ0n) is 6.17. The first-order valence-electron chi connectivity index (χ1n) is 3.24. The van der Waals surface area contributed by atoms with Crippen molar-refractivity contribution >= 4 is 5.91 Å². The van der Waals surface area contributed by atoms with E-state index in [0.29, 0.717) is 13.0 Å². The van der Waals surface area contributed by atoms with Crippen LogP contribution < -0.4 is 5.73 Å². The summed E-state index contributed by atoms with van der Waals surface area (Å²) in [5, 5.41) is 0. The van der Waals surface area contributed by atoms with Crippen LogP contribution in [0, 0.1) is 0 Å². The number of carbonyl (C=O) groups is 1. The van der Waals surface area contributed by atoms with Gasteiger partial charge in [0.1, 0.15) is 6.10 Å². The van der Waals surface area contributed by atoms with Crippen molar-refractivity contribution in [1.29, 1.82) is 0 Å². The highest BCUT2D eigenvalue weighted by Gasteiger charge is 2.11. The molecule has 1 atom stereocenters. The summed E-state index contributed by atoms with van der Waals surface area (Å²) in [7, 11) is 0. The minimum absolute atomic E-state index is 0.429. The highest BCUT2D eigenvalue weighted by molar-refractivity contribution is 5.78. The molecule has 0 bridgehead atoms. The number of ether oxygens (including phenoxy) is 1. The number of primary amides is 1. The molecule has 10 heavy (non-hydrogen) atoms. The van der Waals surface area contributed by atoms with Crippen molar-refractivity contribution in [2.45, 2.75) is 19.4 Å². The maximum Gasteiger partial charge on any atom is 0.246 e. The summed E-state index contributed by atoms with van der Waals surface area (Å²) in [5.74, 6) is -0.429. The van der Waals surface area contributed by atoms with E-state index in [0.717, 1.165) is 0 Å². The van der Waals surface area contributed by atoms with Crippen LogP contribution >= 0.6 is 0 Å². The molecular weight excluding hydrogens is 130 g/mol. The molecule has 2 N–H and O–H groups in total. The van der Waals surface area contributed by atoms with Gasteiger partial charge in [-0.25, -0.2) is 0 Å². The summed E-state index contributed by atoms with van der Waals surface area (Å²) in [6.45, 7) is 5.80. The first-order valence-corrected chi connectivity index (χ1v) is 3.24. The maximum absolute atomic E-state index is 10.5. The maximum atomic E-state index is 10.5. The average molecular weight is 143 g/mol.